The molecule has 0 radical (unpaired) electrons. The van der Waals surface area contributed by atoms with E-state index in [0.717, 1.165) is 12.1 Å². The van der Waals surface area contributed by atoms with Gasteiger partial charge in [-0.1, -0.05) is 29.8 Å². The maximum Gasteiger partial charge on any atom is 0.295 e. The normalized spacial score (nSPS) is 18.1. The third-order valence-electron chi connectivity index (χ3n) is 5.95. The second-order valence-corrected chi connectivity index (χ2v) is 9.07. The molecular formula is C25H27ClN4O3. The van der Waals surface area contributed by atoms with Crippen LogP contribution in [0.2, 0.25) is 5.02 Å². The Morgan fingerprint density at radius 1 is 1.18 bits per heavy atom. The minimum atomic E-state index is -0.736. The monoisotopic (exact) mass is 466 g/mol. The number of aliphatic hydroxyl groups excluding tert-OH is 1. The van der Waals surface area contributed by atoms with Gasteiger partial charge >= 0.3 is 0 Å². The van der Waals surface area contributed by atoms with E-state index in [1.165, 1.54) is 4.90 Å². The highest BCUT2D eigenvalue weighted by atomic mass is 35.5. The van der Waals surface area contributed by atoms with Gasteiger partial charge in [0.15, 0.2) is 5.76 Å². The van der Waals surface area contributed by atoms with Crippen molar-refractivity contribution in [3.8, 4) is 0 Å². The van der Waals surface area contributed by atoms with Crippen LogP contribution in [0, 0.1) is 13.8 Å². The number of halogens is 1. The van der Waals surface area contributed by atoms with E-state index in [9.17, 15) is 14.7 Å². The predicted molar refractivity (Wildman–Crippen MR) is 128 cm³/mol. The fourth-order valence-electron chi connectivity index (χ4n) is 4.42. The number of aromatic nitrogens is 2. The number of imidazole rings is 1. The lowest BCUT2D eigenvalue weighted by molar-refractivity contribution is -0.139. The standard InChI is InChI=1S/C25H27ClN4O3/c1-15-8-6-12-29-20(16(2)27-24(15)29)22(31)19-21(17-9-5-10-18(26)14-17)30(25(33)23(19)32)13-7-11-28(3)4/h5-6,8-10,12,14,21,31H,7,11,13H2,1-4H3/b22-19-. The van der Waals surface area contributed by atoms with Crippen molar-refractivity contribution in [2.24, 2.45) is 0 Å². The maximum atomic E-state index is 13.3. The molecule has 3 heterocycles. The van der Waals surface area contributed by atoms with E-state index in [1.54, 1.807) is 35.7 Å². The van der Waals surface area contributed by atoms with Gasteiger partial charge in [-0.15, -0.1) is 0 Å². The number of rotatable bonds is 6. The Kier molecular flexibility index (Phi) is 6.28. The van der Waals surface area contributed by atoms with Gasteiger partial charge in [-0.25, -0.2) is 4.98 Å². The zero-order valence-corrected chi connectivity index (χ0v) is 19.9. The number of fused-ring (bicyclic) bond motifs is 1. The lowest BCUT2D eigenvalue weighted by Gasteiger charge is -2.26. The number of benzene rings is 1. The summed E-state index contributed by atoms with van der Waals surface area (Å²) in [4.78, 5) is 34.5. The van der Waals surface area contributed by atoms with Crippen LogP contribution >= 0.6 is 11.6 Å². The molecule has 1 amide bonds. The minimum Gasteiger partial charge on any atom is -0.505 e. The fraction of sp³-hybridized carbons (Fsp3) is 0.320. The Balaban J connectivity index is 1.90. The van der Waals surface area contributed by atoms with Crippen molar-refractivity contribution in [3.05, 3.63) is 75.7 Å². The molecule has 1 saturated heterocycles. The van der Waals surface area contributed by atoms with Crippen molar-refractivity contribution < 1.29 is 14.7 Å². The summed E-state index contributed by atoms with van der Waals surface area (Å²) in [7, 11) is 3.91. The van der Waals surface area contributed by atoms with Gasteiger partial charge in [0.1, 0.15) is 11.3 Å². The molecule has 1 aliphatic heterocycles. The number of pyridine rings is 1. The van der Waals surface area contributed by atoms with E-state index < -0.39 is 17.7 Å². The number of ketones is 1. The SMILES string of the molecule is Cc1nc2c(C)cccn2c1/C(O)=C1/C(=O)C(=O)N(CCCN(C)C)C1c1cccc(Cl)c1. The molecule has 7 nitrogen and oxygen atoms in total. The molecule has 0 saturated carbocycles. The number of amides is 1. The van der Waals surface area contributed by atoms with Crippen molar-refractivity contribution in [2.75, 3.05) is 27.2 Å². The number of carbonyl (C=O) groups excluding carboxylic acids is 2. The molecule has 33 heavy (non-hydrogen) atoms. The average molecular weight is 467 g/mol. The summed E-state index contributed by atoms with van der Waals surface area (Å²) < 4.78 is 1.76. The topological polar surface area (TPSA) is 78.1 Å². The number of aryl methyl sites for hydroxylation is 2. The van der Waals surface area contributed by atoms with Crippen LogP contribution in [0.25, 0.3) is 11.4 Å². The Morgan fingerprint density at radius 3 is 2.64 bits per heavy atom. The summed E-state index contributed by atoms with van der Waals surface area (Å²) in [6, 6.07) is 10.1. The second-order valence-electron chi connectivity index (χ2n) is 8.63. The largest absolute Gasteiger partial charge is 0.505 e. The highest BCUT2D eigenvalue weighted by molar-refractivity contribution is 6.46. The molecule has 0 aliphatic carbocycles. The van der Waals surface area contributed by atoms with Gasteiger partial charge in [-0.2, -0.15) is 0 Å². The first-order chi connectivity index (χ1) is 15.7. The molecule has 1 fully saturated rings. The molecule has 0 spiro atoms. The maximum absolute atomic E-state index is 13.3. The molecule has 1 atom stereocenters. The summed E-state index contributed by atoms with van der Waals surface area (Å²) in [6.07, 6.45) is 2.48. The first kappa shape index (κ1) is 23.0. The molecule has 0 bridgehead atoms. The van der Waals surface area contributed by atoms with E-state index in [4.69, 9.17) is 11.6 Å². The number of likely N-dealkylation sites (tertiary alicyclic amines) is 1. The Bertz CT molecular complexity index is 1280. The van der Waals surface area contributed by atoms with Crippen LogP contribution in [0.1, 0.15) is 35.0 Å². The number of nitrogens with zero attached hydrogens (tertiary/aromatic N) is 4. The molecule has 8 heteroatoms. The van der Waals surface area contributed by atoms with Crippen LogP contribution in [-0.4, -0.2) is 63.2 Å². The average Bonchev–Trinajstić information content (AvgIpc) is 3.23. The molecule has 1 unspecified atom stereocenters. The Labute approximate surface area is 197 Å². The molecule has 172 valence electrons. The first-order valence-corrected chi connectivity index (χ1v) is 11.2. The first-order valence-electron chi connectivity index (χ1n) is 10.8. The van der Waals surface area contributed by atoms with Gasteiger partial charge in [-0.3, -0.25) is 14.0 Å². The van der Waals surface area contributed by atoms with Crippen molar-refractivity contribution in [3.63, 3.8) is 0 Å². The molecule has 4 rings (SSSR count). The summed E-state index contributed by atoms with van der Waals surface area (Å²) in [5.74, 6) is -1.56. The third kappa shape index (κ3) is 4.14. The Morgan fingerprint density at radius 2 is 1.94 bits per heavy atom. The zero-order chi connectivity index (χ0) is 23.9. The van der Waals surface area contributed by atoms with E-state index in [0.29, 0.717) is 40.6 Å². The number of hydrogen-bond acceptors (Lipinski definition) is 5. The van der Waals surface area contributed by atoms with Crippen LogP contribution in [-0.2, 0) is 9.59 Å². The summed E-state index contributed by atoms with van der Waals surface area (Å²) in [5, 5.41) is 12.0. The highest BCUT2D eigenvalue weighted by Crippen LogP contribution is 2.40. The molecule has 1 N–H and O–H groups in total. The van der Waals surface area contributed by atoms with Crippen molar-refractivity contribution >= 4 is 34.7 Å². The predicted octanol–water partition coefficient (Wildman–Crippen LogP) is 3.98. The number of Topliss-reactive ketones (excluding diaryl/α,β-unsaturated/α-hetero) is 1. The minimum absolute atomic E-state index is 0.0542. The number of hydrogen-bond donors (Lipinski definition) is 1. The lowest BCUT2D eigenvalue weighted by atomic mass is 9.96. The molecule has 2 aromatic heterocycles. The van der Waals surface area contributed by atoms with E-state index in [2.05, 4.69) is 4.98 Å². The van der Waals surface area contributed by atoms with Gasteiger partial charge in [0.2, 0.25) is 0 Å². The van der Waals surface area contributed by atoms with Crippen LogP contribution in [0.3, 0.4) is 0 Å². The zero-order valence-electron chi connectivity index (χ0n) is 19.2. The van der Waals surface area contributed by atoms with Gasteiger partial charge in [0.25, 0.3) is 11.7 Å². The highest BCUT2D eigenvalue weighted by Gasteiger charge is 2.46. The van der Waals surface area contributed by atoms with E-state index in [1.807, 2.05) is 44.1 Å². The van der Waals surface area contributed by atoms with Gasteiger partial charge in [-0.05, 0) is 70.2 Å². The number of aliphatic hydroxyl groups is 1. The van der Waals surface area contributed by atoms with Crippen molar-refractivity contribution in [1.29, 1.82) is 0 Å². The smallest absolute Gasteiger partial charge is 0.295 e. The number of carbonyl (C=O) groups is 2. The van der Waals surface area contributed by atoms with Gasteiger partial charge < -0.3 is 14.9 Å². The van der Waals surface area contributed by atoms with E-state index in [-0.39, 0.29) is 11.3 Å². The van der Waals surface area contributed by atoms with Crippen LogP contribution < -0.4 is 0 Å². The summed E-state index contributed by atoms with van der Waals surface area (Å²) in [5.41, 5.74) is 3.35. The van der Waals surface area contributed by atoms with E-state index >= 15 is 0 Å². The van der Waals surface area contributed by atoms with Crippen molar-refractivity contribution in [2.45, 2.75) is 26.3 Å². The third-order valence-corrected chi connectivity index (χ3v) is 6.19. The molecule has 1 aromatic carbocycles. The molecular weight excluding hydrogens is 440 g/mol. The molecule has 1 aliphatic rings. The van der Waals surface area contributed by atoms with Gasteiger partial charge in [0, 0.05) is 17.8 Å². The quantitative estimate of drug-likeness (QED) is 0.338. The Hall–Kier alpha value is -3.16. The summed E-state index contributed by atoms with van der Waals surface area (Å²) in [6.45, 7) is 4.85. The fourth-order valence-corrected chi connectivity index (χ4v) is 4.62. The van der Waals surface area contributed by atoms with Crippen LogP contribution in [0.4, 0.5) is 0 Å². The summed E-state index contributed by atoms with van der Waals surface area (Å²) >= 11 is 6.25. The van der Waals surface area contributed by atoms with Crippen LogP contribution in [0.5, 0.6) is 0 Å². The van der Waals surface area contributed by atoms with Gasteiger partial charge in [0.05, 0.1) is 17.3 Å². The second kappa shape index (κ2) is 9.00. The van der Waals surface area contributed by atoms with Crippen LogP contribution in [0.15, 0.2) is 48.2 Å². The lowest BCUT2D eigenvalue weighted by Crippen LogP contribution is -2.32. The van der Waals surface area contributed by atoms with Crippen molar-refractivity contribution in [1.82, 2.24) is 19.2 Å². The molecule has 3 aromatic rings.